The molecule has 0 heterocycles. The van der Waals surface area contributed by atoms with Crippen molar-refractivity contribution >= 4 is 11.8 Å². The van der Waals surface area contributed by atoms with Crippen molar-refractivity contribution in [1.82, 2.24) is 0 Å². The molecule has 1 aromatic rings. The van der Waals surface area contributed by atoms with Crippen LogP contribution in [0.5, 0.6) is 0 Å². The average molecular weight is 278 g/mol. The summed E-state index contributed by atoms with van der Waals surface area (Å²) < 4.78 is 13.3. The predicted octanol–water partition coefficient (Wildman–Crippen LogP) is 3.66. The molecule has 1 aromatic carbocycles. The Hall–Kier alpha value is -1.75. The van der Waals surface area contributed by atoms with Gasteiger partial charge in [-0.1, -0.05) is 37.0 Å². The number of nitro groups is 1. The zero-order chi connectivity index (χ0) is 14.5. The molecule has 1 aliphatic rings. The summed E-state index contributed by atoms with van der Waals surface area (Å²) in [6.45, 7) is 0.440. The molecule has 2 rings (SSSR count). The summed E-state index contributed by atoms with van der Waals surface area (Å²) in [7, 11) is 0. The van der Waals surface area contributed by atoms with Gasteiger partial charge in [0.1, 0.15) is 0 Å². The molecule has 0 aromatic heterocycles. The van der Waals surface area contributed by atoms with Crippen LogP contribution in [0.15, 0.2) is 23.8 Å². The standard InChI is InChI=1S/C15H19FN2O2/c16-14-7-6-11(9-15(14)18(19)20)8-13(10-17)12-4-2-1-3-5-12/h6-9,12H,1-5,10,17H2/b13-8-. The number of hydrogen-bond donors (Lipinski definition) is 1. The van der Waals surface area contributed by atoms with E-state index in [4.69, 9.17) is 5.73 Å². The Morgan fingerprint density at radius 3 is 2.70 bits per heavy atom. The van der Waals surface area contributed by atoms with E-state index in [9.17, 15) is 14.5 Å². The lowest BCUT2D eigenvalue weighted by Crippen LogP contribution is -2.16. The Kier molecular flexibility index (Phi) is 4.84. The molecule has 0 saturated heterocycles. The molecule has 1 saturated carbocycles. The number of halogens is 1. The van der Waals surface area contributed by atoms with E-state index >= 15 is 0 Å². The Morgan fingerprint density at radius 2 is 2.10 bits per heavy atom. The second kappa shape index (κ2) is 6.61. The van der Waals surface area contributed by atoms with Crippen molar-refractivity contribution in [3.63, 3.8) is 0 Å². The van der Waals surface area contributed by atoms with Crippen LogP contribution in [0, 0.1) is 21.8 Å². The van der Waals surface area contributed by atoms with Gasteiger partial charge in [0, 0.05) is 12.6 Å². The molecule has 0 spiro atoms. The van der Waals surface area contributed by atoms with Crippen LogP contribution < -0.4 is 5.73 Å². The SMILES string of the molecule is NC/C(=C/c1ccc(F)c([N+](=O)[O-])c1)C1CCCCC1. The van der Waals surface area contributed by atoms with E-state index in [1.54, 1.807) is 6.07 Å². The number of nitrogens with zero attached hydrogens (tertiary/aromatic N) is 1. The first-order valence-electron chi connectivity index (χ1n) is 6.96. The van der Waals surface area contributed by atoms with Gasteiger partial charge < -0.3 is 5.73 Å². The highest BCUT2D eigenvalue weighted by Crippen LogP contribution is 2.31. The van der Waals surface area contributed by atoms with Gasteiger partial charge in [-0.15, -0.1) is 0 Å². The molecule has 1 fully saturated rings. The fourth-order valence-corrected chi connectivity index (χ4v) is 2.79. The molecule has 0 unspecified atom stereocenters. The molecule has 5 heteroatoms. The topological polar surface area (TPSA) is 69.2 Å². The molecule has 0 aliphatic heterocycles. The van der Waals surface area contributed by atoms with Gasteiger partial charge in [-0.05, 0) is 30.4 Å². The van der Waals surface area contributed by atoms with E-state index in [-0.39, 0.29) is 0 Å². The monoisotopic (exact) mass is 278 g/mol. The first kappa shape index (κ1) is 14.7. The molecule has 1 aliphatic carbocycles. The number of nitro benzene ring substituents is 1. The lowest BCUT2D eigenvalue weighted by molar-refractivity contribution is -0.387. The van der Waals surface area contributed by atoms with Crippen LogP contribution in [0.4, 0.5) is 10.1 Å². The van der Waals surface area contributed by atoms with Crippen LogP contribution in [0.2, 0.25) is 0 Å². The minimum Gasteiger partial charge on any atom is -0.327 e. The molecule has 0 atom stereocenters. The second-order valence-corrected chi connectivity index (χ2v) is 5.23. The second-order valence-electron chi connectivity index (χ2n) is 5.23. The minimum atomic E-state index is -0.806. The van der Waals surface area contributed by atoms with Gasteiger partial charge in [-0.25, -0.2) is 0 Å². The largest absolute Gasteiger partial charge is 0.327 e. The summed E-state index contributed by atoms with van der Waals surface area (Å²) >= 11 is 0. The van der Waals surface area contributed by atoms with Crippen LogP contribution in [0.3, 0.4) is 0 Å². The highest BCUT2D eigenvalue weighted by Gasteiger charge is 2.18. The summed E-state index contributed by atoms with van der Waals surface area (Å²) in [4.78, 5) is 10.1. The first-order chi connectivity index (χ1) is 9.61. The number of rotatable bonds is 4. The third-order valence-corrected chi connectivity index (χ3v) is 3.88. The van der Waals surface area contributed by atoms with E-state index in [1.165, 1.54) is 25.3 Å². The fraction of sp³-hybridized carbons (Fsp3) is 0.467. The van der Waals surface area contributed by atoms with E-state index < -0.39 is 16.4 Å². The summed E-state index contributed by atoms with van der Waals surface area (Å²) in [5.41, 5.74) is 7.06. The van der Waals surface area contributed by atoms with Crippen molar-refractivity contribution in [3.05, 3.63) is 45.3 Å². The van der Waals surface area contributed by atoms with Crippen molar-refractivity contribution in [2.75, 3.05) is 6.54 Å². The van der Waals surface area contributed by atoms with Crippen LogP contribution in [0.1, 0.15) is 37.7 Å². The number of nitrogens with two attached hydrogens (primary N) is 1. The molecule has 0 radical (unpaired) electrons. The maximum absolute atomic E-state index is 13.3. The molecule has 4 nitrogen and oxygen atoms in total. The van der Waals surface area contributed by atoms with E-state index in [0.717, 1.165) is 24.5 Å². The average Bonchev–Trinajstić information content (AvgIpc) is 2.47. The van der Waals surface area contributed by atoms with Gasteiger partial charge in [0.05, 0.1) is 4.92 Å². The highest BCUT2D eigenvalue weighted by atomic mass is 19.1. The van der Waals surface area contributed by atoms with E-state index in [0.29, 0.717) is 18.0 Å². The Balaban J connectivity index is 2.27. The smallest absolute Gasteiger partial charge is 0.305 e. The Morgan fingerprint density at radius 1 is 1.40 bits per heavy atom. The van der Waals surface area contributed by atoms with Crippen LogP contribution in [0.25, 0.3) is 6.08 Å². The van der Waals surface area contributed by atoms with Crippen molar-refractivity contribution in [3.8, 4) is 0 Å². The maximum atomic E-state index is 13.3. The lowest BCUT2D eigenvalue weighted by atomic mass is 9.83. The van der Waals surface area contributed by atoms with Gasteiger partial charge >= 0.3 is 5.69 Å². The summed E-state index contributed by atoms with van der Waals surface area (Å²) in [6, 6.07) is 3.97. The highest BCUT2D eigenvalue weighted by molar-refractivity contribution is 5.57. The van der Waals surface area contributed by atoms with Gasteiger partial charge in [0.25, 0.3) is 0 Å². The molecular weight excluding hydrogens is 259 g/mol. The Labute approximate surface area is 117 Å². The van der Waals surface area contributed by atoms with Crippen LogP contribution >= 0.6 is 0 Å². The summed E-state index contributed by atoms with van der Waals surface area (Å²) in [5, 5.41) is 10.8. The quantitative estimate of drug-likeness (QED) is 0.675. The number of benzene rings is 1. The molecule has 0 bridgehead atoms. The molecule has 20 heavy (non-hydrogen) atoms. The summed E-state index contributed by atoms with van der Waals surface area (Å²) in [5.74, 6) is -0.350. The number of hydrogen-bond acceptors (Lipinski definition) is 3. The molecule has 0 amide bonds. The normalized spacial score (nSPS) is 17.2. The van der Waals surface area contributed by atoms with Crippen molar-refractivity contribution in [2.45, 2.75) is 32.1 Å². The maximum Gasteiger partial charge on any atom is 0.305 e. The van der Waals surface area contributed by atoms with Gasteiger partial charge in [-0.2, -0.15) is 4.39 Å². The molecular formula is C15H19FN2O2. The van der Waals surface area contributed by atoms with Gasteiger partial charge in [-0.3, -0.25) is 10.1 Å². The first-order valence-corrected chi connectivity index (χ1v) is 6.96. The predicted molar refractivity (Wildman–Crippen MR) is 76.7 cm³/mol. The van der Waals surface area contributed by atoms with Crippen molar-refractivity contribution < 1.29 is 9.31 Å². The zero-order valence-corrected chi connectivity index (χ0v) is 11.3. The van der Waals surface area contributed by atoms with Gasteiger partial charge in [0.15, 0.2) is 0 Å². The molecule has 108 valence electrons. The van der Waals surface area contributed by atoms with E-state index in [2.05, 4.69) is 0 Å². The third kappa shape index (κ3) is 3.42. The van der Waals surface area contributed by atoms with Crippen molar-refractivity contribution in [1.29, 1.82) is 0 Å². The fourth-order valence-electron chi connectivity index (χ4n) is 2.79. The molecule has 2 N–H and O–H groups in total. The van der Waals surface area contributed by atoms with Crippen LogP contribution in [-0.4, -0.2) is 11.5 Å². The van der Waals surface area contributed by atoms with Crippen LogP contribution in [-0.2, 0) is 0 Å². The third-order valence-electron chi connectivity index (χ3n) is 3.88. The summed E-state index contributed by atoms with van der Waals surface area (Å²) in [6.07, 6.45) is 7.77. The zero-order valence-electron chi connectivity index (χ0n) is 11.3. The van der Waals surface area contributed by atoms with Gasteiger partial charge in [0.2, 0.25) is 5.82 Å². The Bertz CT molecular complexity index is 523. The lowest BCUT2D eigenvalue weighted by Gasteiger charge is -2.23. The minimum absolute atomic E-state index is 0.440. The van der Waals surface area contributed by atoms with Crippen molar-refractivity contribution in [2.24, 2.45) is 11.7 Å². The van der Waals surface area contributed by atoms with E-state index in [1.807, 2.05) is 6.08 Å².